The molecule has 1 aliphatic rings. The van der Waals surface area contributed by atoms with Crippen molar-refractivity contribution in [2.75, 3.05) is 19.7 Å². The largest absolute Gasteiger partial charge is 0.479 e. The first kappa shape index (κ1) is 15.3. The zero-order valence-corrected chi connectivity index (χ0v) is 12.8. The third kappa shape index (κ3) is 2.98. The highest BCUT2D eigenvalue weighted by Crippen LogP contribution is 2.22. The summed E-state index contributed by atoms with van der Waals surface area (Å²) in [6, 6.07) is 13.5. The van der Waals surface area contributed by atoms with Gasteiger partial charge in [-0.15, -0.1) is 0 Å². The van der Waals surface area contributed by atoms with Gasteiger partial charge < -0.3 is 19.3 Å². The molecule has 6 heteroatoms. The molecule has 1 aromatic carbocycles. The van der Waals surface area contributed by atoms with Crippen LogP contribution in [0.5, 0.6) is 0 Å². The van der Waals surface area contributed by atoms with Crippen LogP contribution in [0.3, 0.4) is 0 Å². The molecule has 0 spiro atoms. The maximum atomic E-state index is 12.7. The first-order valence-corrected chi connectivity index (χ1v) is 7.43. The van der Waals surface area contributed by atoms with Crippen molar-refractivity contribution in [1.82, 2.24) is 9.47 Å². The number of aliphatic carboxylic acids is 1. The Bertz CT molecular complexity index is 723. The van der Waals surface area contributed by atoms with E-state index in [0.717, 1.165) is 11.3 Å². The fourth-order valence-electron chi connectivity index (χ4n) is 2.77. The van der Waals surface area contributed by atoms with Crippen LogP contribution in [0.15, 0.2) is 42.5 Å². The molecule has 0 bridgehead atoms. The van der Waals surface area contributed by atoms with Crippen LogP contribution in [-0.2, 0) is 16.6 Å². The number of amides is 1. The van der Waals surface area contributed by atoms with Crippen molar-refractivity contribution in [1.29, 1.82) is 0 Å². The minimum absolute atomic E-state index is 0.0695. The number of benzene rings is 1. The van der Waals surface area contributed by atoms with Gasteiger partial charge in [0.15, 0.2) is 6.10 Å². The number of carboxylic acids is 1. The van der Waals surface area contributed by atoms with Crippen LogP contribution in [-0.4, -0.2) is 52.3 Å². The van der Waals surface area contributed by atoms with Crippen LogP contribution in [0, 0.1) is 0 Å². The first-order chi connectivity index (χ1) is 11.1. The maximum absolute atomic E-state index is 12.7. The molecule has 0 radical (unpaired) electrons. The van der Waals surface area contributed by atoms with Gasteiger partial charge in [-0.2, -0.15) is 0 Å². The summed E-state index contributed by atoms with van der Waals surface area (Å²) in [6.07, 6.45) is -0.957. The molecular formula is C17H18N2O4. The van der Waals surface area contributed by atoms with E-state index in [0.29, 0.717) is 12.2 Å². The van der Waals surface area contributed by atoms with Gasteiger partial charge in [-0.25, -0.2) is 4.79 Å². The molecule has 1 fully saturated rings. The van der Waals surface area contributed by atoms with E-state index >= 15 is 0 Å². The minimum Gasteiger partial charge on any atom is -0.479 e. The van der Waals surface area contributed by atoms with E-state index in [2.05, 4.69) is 0 Å². The summed E-state index contributed by atoms with van der Waals surface area (Å²) >= 11 is 0. The molecule has 23 heavy (non-hydrogen) atoms. The Labute approximate surface area is 133 Å². The normalized spacial score (nSPS) is 18.0. The van der Waals surface area contributed by atoms with E-state index in [4.69, 9.17) is 9.84 Å². The van der Waals surface area contributed by atoms with Crippen LogP contribution in [0.4, 0.5) is 0 Å². The van der Waals surface area contributed by atoms with Crippen molar-refractivity contribution in [2.45, 2.75) is 6.10 Å². The molecule has 1 aliphatic heterocycles. The van der Waals surface area contributed by atoms with E-state index in [-0.39, 0.29) is 19.1 Å². The number of rotatable bonds is 3. The van der Waals surface area contributed by atoms with Crippen LogP contribution in [0.2, 0.25) is 0 Å². The SMILES string of the molecule is Cn1c(C(=O)N2CCO[C@@H](C(=O)O)C2)ccc1-c1ccccc1. The van der Waals surface area contributed by atoms with Crippen molar-refractivity contribution in [3.05, 3.63) is 48.2 Å². The number of carbonyl (C=O) groups excluding carboxylic acids is 1. The zero-order valence-electron chi connectivity index (χ0n) is 12.8. The van der Waals surface area contributed by atoms with Gasteiger partial charge in [-0.05, 0) is 17.7 Å². The maximum Gasteiger partial charge on any atom is 0.334 e. The third-order valence-corrected chi connectivity index (χ3v) is 4.04. The highest BCUT2D eigenvalue weighted by molar-refractivity contribution is 5.94. The summed E-state index contributed by atoms with van der Waals surface area (Å²) in [4.78, 5) is 25.3. The molecule has 2 aromatic rings. The van der Waals surface area contributed by atoms with Crippen LogP contribution >= 0.6 is 0 Å². The third-order valence-electron chi connectivity index (χ3n) is 4.04. The van der Waals surface area contributed by atoms with Crippen molar-refractivity contribution in [3.8, 4) is 11.3 Å². The Balaban J connectivity index is 1.83. The van der Waals surface area contributed by atoms with Gasteiger partial charge >= 0.3 is 5.97 Å². The van der Waals surface area contributed by atoms with Gasteiger partial charge in [0.2, 0.25) is 0 Å². The van der Waals surface area contributed by atoms with Gasteiger partial charge in [0.1, 0.15) is 5.69 Å². The zero-order chi connectivity index (χ0) is 16.4. The quantitative estimate of drug-likeness (QED) is 0.934. The fraction of sp³-hybridized carbons (Fsp3) is 0.294. The Morgan fingerprint density at radius 3 is 2.61 bits per heavy atom. The second kappa shape index (κ2) is 6.26. The number of carboxylic acid groups (broad SMARTS) is 1. The molecule has 3 rings (SSSR count). The number of carbonyl (C=O) groups is 2. The second-order valence-electron chi connectivity index (χ2n) is 5.48. The predicted molar refractivity (Wildman–Crippen MR) is 84.1 cm³/mol. The van der Waals surface area contributed by atoms with E-state index < -0.39 is 12.1 Å². The number of hydrogen-bond acceptors (Lipinski definition) is 3. The minimum atomic E-state index is -1.04. The molecule has 0 saturated carbocycles. The lowest BCUT2D eigenvalue weighted by Crippen LogP contribution is -2.48. The molecular weight excluding hydrogens is 296 g/mol. The Morgan fingerprint density at radius 1 is 1.17 bits per heavy atom. The summed E-state index contributed by atoms with van der Waals surface area (Å²) in [6.45, 7) is 0.702. The monoisotopic (exact) mass is 314 g/mol. The van der Waals surface area contributed by atoms with E-state index in [1.807, 2.05) is 48.0 Å². The molecule has 6 nitrogen and oxygen atoms in total. The van der Waals surface area contributed by atoms with E-state index in [9.17, 15) is 9.59 Å². The lowest BCUT2D eigenvalue weighted by Gasteiger charge is -2.31. The lowest BCUT2D eigenvalue weighted by atomic mass is 10.2. The van der Waals surface area contributed by atoms with Gasteiger partial charge in [0.25, 0.3) is 5.91 Å². The summed E-state index contributed by atoms with van der Waals surface area (Å²) in [7, 11) is 1.84. The molecule has 1 saturated heterocycles. The lowest BCUT2D eigenvalue weighted by molar-refractivity contribution is -0.154. The average molecular weight is 314 g/mol. The summed E-state index contributed by atoms with van der Waals surface area (Å²) < 4.78 is 7.00. The van der Waals surface area contributed by atoms with Gasteiger partial charge in [-0.1, -0.05) is 30.3 Å². The van der Waals surface area contributed by atoms with Crippen LogP contribution in [0.1, 0.15) is 10.5 Å². The molecule has 0 aliphatic carbocycles. The van der Waals surface area contributed by atoms with Crippen molar-refractivity contribution in [3.63, 3.8) is 0 Å². The van der Waals surface area contributed by atoms with Crippen molar-refractivity contribution in [2.24, 2.45) is 7.05 Å². The topological polar surface area (TPSA) is 71.8 Å². The van der Waals surface area contributed by atoms with Gasteiger partial charge in [0, 0.05) is 19.3 Å². The molecule has 0 unspecified atom stereocenters. The Morgan fingerprint density at radius 2 is 1.91 bits per heavy atom. The van der Waals surface area contributed by atoms with E-state index in [1.54, 1.807) is 6.07 Å². The Kier molecular flexibility index (Phi) is 4.16. The second-order valence-corrected chi connectivity index (χ2v) is 5.48. The van der Waals surface area contributed by atoms with Crippen LogP contribution < -0.4 is 0 Å². The van der Waals surface area contributed by atoms with Gasteiger partial charge in [0.05, 0.1) is 13.2 Å². The fourth-order valence-corrected chi connectivity index (χ4v) is 2.77. The molecule has 1 N–H and O–H groups in total. The molecule has 1 aromatic heterocycles. The summed E-state index contributed by atoms with van der Waals surface area (Å²) in [5, 5.41) is 9.05. The van der Waals surface area contributed by atoms with Gasteiger partial charge in [-0.3, -0.25) is 4.79 Å². The number of nitrogens with zero attached hydrogens (tertiary/aromatic N) is 2. The molecule has 2 heterocycles. The Hall–Kier alpha value is -2.60. The van der Waals surface area contributed by atoms with E-state index in [1.165, 1.54) is 4.90 Å². The van der Waals surface area contributed by atoms with Crippen LogP contribution in [0.25, 0.3) is 11.3 Å². The predicted octanol–water partition coefficient (Wildman–Crippen LogP) is 1.62. The smallest absolute Gasteiger partial charge is 0.334 e. The summed E-state index contributed by atoms with van der Waals surface area (Å²) in [5.74, 6) is -1.22. The number of morpholine rings is 1. The molecule has 1 amide bonds. The number of aromatic nitrogens is 1. The molecule has 120 valence electrons. The van der Waals surface area contributed by atoms with Crippen molar-refractivity contribution >= 4 is 11.9 Å². The average Bonchev–Trinajstić information content (AvgIpc) is 2.96. The standard InChI is InChI=1S/C17H18N2O4/c1-18-13(12-5-3-2-4-6-12)7-8-14(18)16(20)19-9-10-23-15(11-19)17(21)22/h2-8,15H,9-11H2,1H3,(H,21,22)/t15-/m1/s1. The highest BCUT2D eigenvalue weighted by Gasteiger charge is 2.30. The first-order valence-electron chi connectivity index (χ1n) is 7.43. The summed E-state index contributed by atoms with van der Waals surface area (Å²) in [5.41, 5.74) is 2.51. The number of hydrogen-bond donors (Lipinski definition) is 1. The highest BCUT2D eigenvalue weighted by atomic mass is 16.5. The number of ether oxygens (including phenoxy) is 1. The molecule has 1 atom stereocenters. The van der Waals surface area contributed by atoms with Crippen molar-refractivity contribution < 1.29 is 19.4 Å².